The van der Waals surface area contributed by atoms with E-state index in [1.165, 1.54) is 43.9 Å². The summed E-state index contributed by atoms with van der Waals surface area (Å²) < 4.78 is 5.82. The first-order chi connectivity index (χ1) is 15.0. The fourth-order valence-electron chi connectivity index (χ4n) is 3.05. The Morgan fingerprint density at radius 2 is 1.77 bits per heavy atom. The van der Waals surface area contributed by atoms with E-state index in [-0.39, 0.29) is 5.91 Å². The number of nitrogens with one attached hydrogen (secondary N) is 1. The van der Waals surface area contributed by atoms with E-state index in [9.17, 15) is 4.79 Å². The lowest BCUT2D eigenvalue weighted by Crippen LogP contribution is -2.19. The molecule has 0 radical (unpaired) electrons. The topological polar surface area (TPSA) is 50.7 Å². The highest BCUT2D eigenvalue weighted by Crippen LogP contribution is 2.32. The van der Waals surface area contributed by atoms with Crippen LogP contribution in [0.25, 0.3) is 6.08 Å². The molecule has 1 aliphatic rings. The van der Waals surface area contributed by atoms with Crippen LogP contribution in [0.4, 0.5) is 5.69 Å². The number of thioether (sulfide) groups is 1. The first kappa shape index (κ1) is 23.7. The van der Waals surface area contributed by atoms with Crippen LogP contribution in [0.3, 0.4) is 0 Å². The van der Waals surface area contributed by atoms with E-state index in [0.29, 0.717) is 25.8 Å². The van der Waals surface area contributed by atoms with Crippen molar-refractivity contribution in [3.63, 3.8) is 0 Å². The van der Waals surface area contributed by atoms with Crippen molar-refractivity contribution in [2.75, 3.05) is 6.61 Å². The van der Waals surface area contributed by atoms with Crippen molar-refractivity contribution in [2.24, 2.45) is 4.99 Å². The first-order valence-electron chi connectivity index (χ1n) is 10.5. The molecule has 31 heavy (non-hydrogen) atoms. The van der Waals surface area contributed by atoms with Gasteiger partial charge in [-0.3, -0.25) is 4.79 Å². The number of carbonyl (C=O) groups excluding carboxylic acids is 1. The van der Waals surface area contributed by atoms with Crippen LogP contribution in [0.1, 0.15) is 51.0 Å². The highest BCUT2D eigenvalue weighted by atomic mass is 35.5. The third kappa shape index (κ3) is 7.60. The van der Waals surface area contributed by atoms with Crippen molar-refractivity contribution in [1.29, 1.82) is 0 Å². The average Bonchev–Trinajstić information content (AvgIpc) is 3.09. The normalized spacial score (nSPS) is 16.2. The number of amides is 1. The van der Waals surface area contributed by atoms with Crippen LogP contribution in [0.2, 0.25) is 10.0 Å². The van der Waals surface area contributed by atoms with Crippen molar-refractivity contribution < 1.29 is 9.53 Å². The van der Waals surface area contributed by atoms with Crippen LogP contribution in [-0.2, 0) is 4.79 Å². The summed E-state index contributed by atoms with van der Waals surface area (Å²) in [5, 5.41) is 4.23. The zero-order valence-corrected chi connectivity index (χ0v) is 19.8. The van der Waals surface area contributed by atoms with E-state index >= 15 is 0 Å². The van der Waals surface area contributed by atoms with Gasteiger partial charge in [0.1, 0.15) is 5.75 Å². The molecule has 1 N–H and O–H groups in total. The smallest absolute Gasteiger partial charge is 0.264 e. The highest BCUT2D eigenvalue weighted by Gasteiger charge is 2.24. The van der Waals surface area contributed by atoms with Gasteiger partial charge in [0.05, 0.1) is 22.2 Å². The summed E-state index contributed by atoms with van der Waals surface area (Å²) >= 11 is 13.4. The Morgan fingerprint density at radius 1 is 1.03 bits per heavy atom. The van der Waals surface area contributed by atoms with E-state index in [2.05, 4.69) is 17.2 Å². The molecule has 0 atom stereocenters. The number of benzene rings is 2. The predicted molar refractivity (Wildman–Crippen MR) is 133 cm³/mol. The molecule has 0 aromatic heterocycles. The van der Waals surface area contributed by atoms with Crippen LogP contribution >= 0.6 is 35.0 Å². The summed E-state index contributed by atoms with van der Waals surface area (Å²) in [6.07, 6.45) is 9.29. The zero-order chi connectivity index (χ0) is 22.1. The van der Waals surface area contributed by atoms with Gasteiger partial charge >= 0.3 is 0 Å². The number of nitrogens with zero attached hydrogens (tertiary/aromatic N) is 1. The molecule has 1 fully saturated rings. The first-order valence-corrected chi connectivity index (χ1v) is 12.1. The second-order valence-corrected chi connectivity index (χ2v) is 9.14. The minimum Gasteiger partial charge on any atom is -0.494 e. The fourth-order valence-corrected chi connectivity index (χ4v) is 4.33. The number of hydrogen-bond acceptors (Lipinski definition) is 4. The van der Waals surface area contributed by atoms with Crippen LogP contribution in [0.5, 0.6) is 5.75 Å². The second-order valence-electron chi connectivity index (χ2n) is 7.26. The minimum absolute atomic E-state index is 0.183. The minimum atomic E-state index is -0.183. The molecular formula is C24H26Cl2N2O2S. The molecule has 2 aromatic rings. The van der Waals surface area contributed by atoms with Crippen molar-refractivity contribution in [3.05, 3.63) is 63.0 Å². The molecule has 4 nitrogen and oxygen atoms in total. The summed E-state index contributed by atoms with van der Waals surface area (Å²) in [5.74, 6) is 0.663. The molecule has 3 rings (SSSR count). The van der Waals surface area contributed by atoms with Gasteiger partial charge in [-0.1, -0.05) is 74.4 Å². The van der Waals surface area contributed by atoms with E-state index in [0.717, 1.165) is 24.3 Å². The maximum atomic E-state index is 12.3. The van der Waals surface area contributed by atoms with Crippen LogP contribution in [-0.4, -0.2) is 17.7 Å². The molecule has 0 spiro atoms. The molecule has 164 valence electrons. The Morgan fingerprint density at radius 3 is 2.52 bits per heavy atom. The molecule has 0 unspecified atom stereocenters. The molecule has 0 saturated carbocycles. The van der Waals surface area contributed by atoms with Gasteiger partial charge in [-0.15, -0.1) is 0 Å². The van der Waals surface area contributed by atoms with Gasteiger partial charge in [-0.2, -0.15) is 0 Å². The van der Waals surface area contributed by atoms with Crippen molar-refractivity contribution in [3.8, 4) is 5.75 Å². The van der Waals surface area contributed by atoms with Gasteiger partial charge in [0.15, 0.2) is 5.17 Å². The Hall–Kier alpha value is -1.95. The Labute approximate surface area is 198 Å². The number of hydrogen-bond donors (Lipinski definition) is 1. The molecule has 0 bridgehead atoms. The van der Waals surface area contributed by atoms with E-state index in [1.807, 2.05) is 30.3 Å². The van der Waals surface area contributed by atoms with Crippen molar-refractivity contribution in [1.82, 2.24) is 5.32 Å². The van der Waals surface area contributed by atoms with Crippen LogP contribution in [0.15, 0.2) is 52.4 Å². The summed E-state index contributed by atoms with van der Waals surface area (Å²) in [6, 6.07) is 12.8. The summed E-state index contributed by atoms with van der Waals surface area (Å²) in [6.45, 7) is 2.96. The predicted octanol–water partition coefficient (Wildman–Crippen LogP) is 7.62. The highest BCUT2D eigenvalue weighted by molar-refractivity contribution is 8.18. The lowest BCUT2D eigenvalue weighted by Gasteiger charge is -2.06. The number of unbranched alkanes of at least 4 members (excludes halogenated alkanes) is 5. The quantitative estimate of drug-likeness (QED) is 0.283. The van der Waals surface area contributed by atoms with Gasteiger partial charge in [0, 0.05) is 5.02 Å². The van der Waals surface area contributed by atoms with Gasteiger partial charge in [0.2, 0.25) is 0 Å². The summed E-state index contributed by atoms with van der Waals surface area (Å²) in [4.78, 5) is 17.3. The third-order valence-corrected chi connectivity index (χ3v) is 6.17. The molecule has 2 aromatic carbocycles. The standard InChI is InChI=1S/C24H26Cl2N2O2S/c1-2-3-4-5-6-7-14-30-19-11-8-17(9-12-19)15-22-23(29)28-24(31-22)27-21-13-10-18(25)16-20(21)26/h8-13,15-16H,2-7,14H2,1H3,(H,27,28,29)/b22-15-. The molecule has 0 aliphatic carbocycles. The zero-order valence-electron chi connectivity index (χ0n) is 17.5. The maximum Gasteiger partial charge on any atom is 0.264 e. The Bertz CT molecular complexity index is 959. The monoisotopic (exact) mass is 476 g/mol. The fraction of sp³-hybridized carbons (Fsp3) is 0.333. The number of rotatable bonds is 10. The van der Waals surface area contributed by atoms with Crippen molar-refractivity contribution >= 4 is 57.8 Å². The molecule has 1 amide bonds. The summed E-state index contributed by atoms with van der Waals surface area (Å²) in [7, 11) is 0. The maximum absolute atomic E-state index is 12.3. The molecule has 7 heteroatoms. The SMILES string of the molecule is CCCCCCCCOc1ccc(/C=C2\SC(=Nc3ccc(Cl)cc3Cl)NC2=O)cc1. The third-order valence-electron chi connectivity index (χ3n) is 4.73. The average molecular weight is 477 g/mol. The van der Waals surface area contributed by atoms with Gasteiger partial charge < -0.3 is 10.1 Å². The molecular weight excluding hydrogens is 451 g/mol. The number of ether oxygens (including phenoxy) is 1. The van der Waals surface area contributed by atoms with E-state index in [4.69, 9.17) is 27.9 Å². The van der Waals surface area contributed by atoms with Gasteiger partial charge in [-0.05, 0) is 60.2 Å². The number of halogens is 2. The van der Waals surface area contributed by atoms with E-state index < -0.39 is 0 Å². The van der Waals surface area contributed by atoms with Crippen LogP contribution < -0.4 is 10.1 Å². The number of aliphatic imine (C=N–C) groups is 1. The Balaban J connectivity index is 1.53. The van der Waals surface area contributed by atoms with E-state index in [1.54, 1.807) is 18.2 Å². The summed E-state index contributed by atoms with van der Waals surface area (Å²) in [5.41, 5.74) is 1.48. The number of amidine groups is 1. The van der Waals surface area contributed by atoms with Gasteiger partial charge in [-0.25, -0.2) is 4.99 Å². The van der Waals surface area contributed by atoms with Crippen molar-refractivity contribution in [2.45, 2.75) is 45.4 Å². The van der Waals surface area contributed by atoms with Crippen LogP contribution in [0, 0.1) is 0 Å². The number of carbonyl (C=O) groups is 1. The molecule has 1 saturated heterocycles. The second kappa shape index (κ2) is 12.2. The lowest BCUT2D eigenvalue weighted by molar-refractivity contribution is -0.115. The largest absolute Gasteiger partial charge is 0.494 e. The lowest BCUT2D eigenvalue weighted by atomic mass is 10.1. The molecule has 1 heterocycles. The molecule has 1 aliphatic heterocycles. The Kier molecular flexibility index (Phi) is 9.31. The van der Waals surface area contributed by atoms with Gasteiger partial charge in [0.25, 0.3) is 5.91 Å².